The van der Waals surface area contributed by atoms with Crippen LogP contribution in [0, 0.1) is 20.8 Å². The van der Waals surface area contributed by atoms with E-state index in [1.165, 1.54) is 12.3 Å². The maximum absolute atomic E-state index is 10.8. The Morgan fingerprint density at radius 2 is 2.00 bits per heavy atom. The van der Waals surface area contributed by atoms with Gasteiger partial charge < -0.3 is 9.84 Å². The van der Waals surface area contributed by atoms with Crippen molar-refractivity contribution in [3.05, 3.63) is 46.8 Å². The van der Waals surface area contributed by atoms with E-state index in [4.69, 9.17) is 9.84 Å². The fourth-order valence-electron chi connectivity index (χ4n) is 1.71. The maximum atomic E-state index is 10.8. The van der Waals surface area contributed by atoms with Crippen LogP contribution in [0.5, 0.6) is 11.8 Å². The molecule has 98 valence electrons. The summed E-state index contributed by atoms with van der Waals surface area (Å²) in [6, 6.07) is 5.28. The van der Waals surface area contributed by atoms with Crippen LogP contribution in [0.4, 0.5) is 0 Å². The second-order valence-corrected chi connectivity index (χ2v) is 4.34. The lowest BCUT2D eigenvalue weighted by atomic mass is 10.1. The number of nitrogens with zero attached hydrogens (tertiary/aromatic N) is 2. The molecule has 0 aliphatic rings. The number of benzene rings is 1. The molecule has 1 heterocycles. The van der Waals surface area contributed by atoms with E-state index in [0.29, 0.717) is 5.75 Å². The zero-order chi connectivity index (χ0) is 14.0. The highest BCUT2D eigenvalue weighted by Gasteiger charge is 2.10. The fraction of sp³-hybridized carbons (Fsp3) is 0.214. The molecular weight excluding hydrogens is 244 g/mol. The second-order valence-electron chi connectivity index (χ2n) is 4.34. The van der Waals surface area contributed by atoms with E-state index in [-0.39, 0.29) is 11.7 Å². The Morgan fingerprint density at radius 3 is 2.68 bits per heavy atom. The first-order valence-corrected chi connectivity index (χ1v) is 5.79. The highest BCUT2D eigenvalue weighted by molar-refractivity contribution is 5.85. The molecule has 5 nitrogen and oxygen atoms in total. The van der Waals surface area contributed by atoms with Crippen LogP contribution >= 0.6 is 0 Å². The van der Waals surface area contributed by atoms with E-state index < -0.39 is 5.97 Å². The van der Waals surface area contributed by atoms with Gasteiger partial charge in [-0.25, -0.2) is 9.78 Å². The molecule has 0 saturated carbocycles. The van der Waals surface area contributed by atoms with Gasteiger partial charge in [-0.3, -0.25) is 0 Å². The molecule has 2 rings (SSSR count). The van der Waals surface area contributed by atoms with Crippen molar-refractivity contribution in [1.82, 2.24) is 9.97 Å². The Labute approximate surface area is 110 Å². The normalized spacial score (nSPS) is 10.3. The predicted molar refractivity (Wildman–Crippen MR) is 69.7 cm³/mol. The van der Waals surface area contributed by atoms with Crippen molar-refractivity contribution in [3.8, 4) is 11.8 Å². The summed E-state index contributed by atoms with van der Waals surface area (Å²) in [5.74, 6) is -0.468. The van der Waals surface area contributed by atoms with Gasteiger partial charge in [-0.2, -0.15) is 4.98 Å². The van der Waals surface area contributed by atoms with Crippen LogP contribution in [-0.2, 0) is 0 Å². The average Bonchev–Trinajstić information content (AvgIpc) is 2.35. The maximum Gasteiger partial charge on any atom is 0.354 e. The van der Waals surface area contributed by atoms with Gasteiger partial charge in [-0.15, -0.1) is 0 Å². The average molecular weight is 258 g/mol. The number of carboxylic acids is 1. The molecular formula is C14H14N2O3. The number of aromatic nitrogens is 2. The Morgan fingerprint density at radius 1 is 1.26 bits per heavy atom. The van der Waals surface area contributed by atoms with E-state index in [0.717, 1.165) is 16.7 Å². The third-order valence-corrected chi connectivity index (χ3v) is 2.82. The van der Waals surface area contributed by atoms with Crippen molar-refractivity contribution >= 4 is 5.97 Å². The summed E-state index contributed by atoms with van der Waals surface area (Å²) < 4.78 is 5.58. The van der Waals surface area contributed by atoms with Gasteiger partial charge in [0.1, 0.15) is 5.75 Å². The van der Waals surface area contributed by atoms with Crippen LogP contribution in [0.15, 0.2) is 24.4 Å². The zero-order valence-corrected chi connectivity index (χ0v) is 11.0. The van der Waals surface area contributed by atoms with Crippen molar-refractivity contribution in [3.63, 3.8) is 0 Å². The Bertz CT molecular complexity index is 639. The second kappa shape index (κ2) is 5.06. The molecule has 0 bridgehead atoms. The Kier molecular flexibility index (Phi) is 3.46. The quantitative estimate of drug-likeness (QED) is 0.916. The minimum Gasteiger partial charge on any atom is -0.477 e. The molecule has 1 N–H and O–H groups in total. The van der Waals surface area contributed by atoms with Crippen molar-refractivity contribution in [2.75, 3.05) is 0 Å². The first-order valence-electron chi connectivity index (χ1n) is 5.79. The van der Waals surface area contributed by atoms with E-state index in [2.05, 4.69) is 16.0 Å². The summed E-state index contributed by atoms with van der Waals surface area (Å²) in [5.41, 5.74) is 3.05. The summed E-state index contributed by atoms with van der Waals surface area (Å²) in [5, 5.41) is 8.87. The van der Waals surface area contributed by atoms with Gasteiger partial charge in [-0.05, 0) is 49.6 Å². The number of ether oxygens (including phenoxy) is 1. The molecule has 0 atom stereocenters. The highest BCUT2D eigenvalue weighted by atomic mass is 16.5. The van der Waals surface area contributed by atoms with E-state index in [1.807, 2.05) is 26.8 Å². The summed E-state index contributed by atoms with van der Waals surface area (Å²) >= 11 is 0. The van der Waals surface area contributed by atoms with Gasteiger partial charge in [0, 0.05) is 6.20 Å². The van der Waals surface area contributed by atoms with Crippen molar-refractivity contribution in [2.24, 2.45) is 0 Å². The zero-order valence-electron chi connectivity index (χ0n) is 11.0. The fourth-order valence-corrected chi connectivity index (χ4v) is 1.71. The molecule has 0 saturated heterocycles. The molecule has 0 radical (unpaired) electrons. The molecule has 1 aromatic heterocycles. The van der Waals surface area contributed by atoms with Crippen molar-refractivity contribution < 1.29 is 14.6 Å². The monoisotopic (exact) mass is 258 g/mol. The van der Waals surface area contributed by atoms with Crippen LogP contribution in [0.25, 0.3) is 0 Å². The van der Waals surface area contributed by atoms with E-state index >= 15 is 0 Å². The number of rotatable bonds is 3. The largest absolute Gasteiger partial charge is 0.477 e. The molecule has 0 aliphatic carbocycles. The van der Waals surface area contributed by atoms with Crippen LogP contribution in [0.2, 0.25) is 0 Å². The summed E-state index contributed by atoms with van der Waals surface area (Å²) in [4.78, 5) is 18.6. The van der Waals surface area contributed by atoms with Crippen LogP contribution in [-0.4, -0.2) is 21.0 Å². The number of hydrogen-bond donors (Lipinski definition) is 1. The summed E-state index contributed by atoms with van der Waals surface area (Å²) in [6.07, 6.45) is 1.36. The summed E-state index contributed by atoms with van der Waals surface area (Å²) in [7, 11) is 0. The minimum absolute atomic E-state index is 0.0352. The SMILES string of the molecule is Cc1cc(C)c(C)c(Oc2nccc(C(=O)O)n2)c1. The van der Waals surface area contributed by atoms with Gasteiger partial charge in [-0.1, -0.05) is 6.07 Å². The topological polar surface area (TPSA) is 72.3 Å². The van der Waals surface area contributed by atoms with Crippen LogP contribution < -0.4 is 4.74 Å². The molecule has 19 heavy (non-hydrogen) atoms. The summed E-state index contributed by atoms with van der Waals surface area (Å²) in [6.45, 7) is 5.89. The van der Waals surface area contributed by atoms with Gasteiger partial charge in [0.05, 0.1) is 0 Å². The smallest absolute Gasteiger partial charge is 0.354 e. The lowest BCUT2D eigenvalue weighted by Gasteiger charge is -2.10. The number of aromatic carboxylic acids is 1. The molecule has 5 heteroatoms. The minimum atomic E-state index is -1.11. The first kappa shape index (κ1) is 13.0. The standard InChI is InChI=1S/C14H14N2O3/c1-8-6-9(2)10(3)12(7-8)19-14-15-5-4-11(16-14)13(17)18/h4-7H,1-3H3,(H,17,18). The third-order valence-electron chi connectivity index (χ3n) is 2.82. The first-order chi connectivity index (χ1) is 8.97. The molecule has 0 aliphatic heterocycles. The Hall–Kier alpha value is -2.43. The van der Waals surface area contributed by atoms with Crippen LogP contribution in [0.1, 0.15) is 27.2 Å². The highest BCUT2D eigenvalue weighted by Crippen LogP contribution is 2.26. The predicted octanol–water partition coefficient (Wildman–Crippen LogP) is 2.89. The van der Waals surface area contributed by atoms with E-state index in [1.54, 1.807) is 0 Å². The molecule has 1 aromatic carbocycles. The Balaban J connectivity index is 2.36. The van der Waals surface area contributed by atoms with Gasteiger partial charge in [0.2, 0.25) is 0 Å². The number of aryl methyl sites for hydroxylation is 2. The lowest BCUT2D eigenvalue weighted by Crippen LogP contribution is -2.03. The molecule has 2 aromatic rings. The molecule has 0 amide bonds. The molecule has 0 fully saturated rings. The van der Waals surface area contributed by atoms with E-state index in [9.17, 15) is 4.79 Å². The van der Waals surface area contributed by atoms with Crippen molar-refractivity contribution in [2.45, 2.75) is 20.8 Å². The number of carbonyl (C=O) groups is 1. The van der Waals surface area contributed by atoms with Crippen LogP contribution in [0.3, 0.4) is 0 Å². The third kappa shape index (κ3) is 2.88. The number of hydrogen-bond acceptors (Lipinski definition) is 4. The molecule has 0 spiro atoms. The van der Waals surface area contributed by atoms with Gasteiger partial charge >= 0.3 is 12.0 Å². The lowest BCUT2D eigenvalue weighted by molar-refractivity contribution is 0.0689. The number of carboxylic acid groups (broad SMARTS) is 1. The van der Waals surface area contributed by atoms with Crippen molar-refractivity contribution in [1.29, 1.82) is 0 Å². The van der Waals surface area contributed by atoms with Gasteiger partial charge in [0.15, 0.2) is 5.69 Å². The molecule has 0 unspecified atom stereocenters. The van der Waals surface area contributed by atoms with Gasteiger partial charge in [0.25, 0.3) is 0 Å².